The third-order valence-electron chi connectivity index (χ3n) is 6.19. The van der Waals surface area contributed by atoms with Gasteiger partial charge in [0.25, 0.3) is 11.8 Å². The van der Waals surface area contributed by atoms with Crippen LogP contribution >= 0.6 is 0 Å². The lowest BCUT2D eigenvalue weighted by Crippen LogP contribution is -2.50. The molecule has 2 N–H and O–H groups in total. The Morgan fingerprint density at radius 3 is 1.49 bits per heavy atom. The van der Waals surface area contributed by atoms with Gasteiger partial charge in [0.15, 0.2) is 5.54 Å². The highest BCUT2D eigenvalue weighted by Crippen LogP contribution is 2.35. The number of hydrogen-bond acceptors (Lipinski definition) is 3. The van der Waals surface area contributed by atoms with Crippen LogP contribution in [0.1, 0.15) is 28.2 Å². The Hall–Kier alpha value is -4.71. The normalized spacial score (nSPS) is 14.6. The fourth-order valence-electron chi connectivity index (χ4n) is 4.53. The van der Waals surface area contributed by atoms with Gasteiger partial charge in [-0.1, -0.05) is 121 Å². The average Bonchev–Trinajstić information content (AvgIpc) is 3.17. The van der Waals surface area contributed by atoms with Crippen LogP contribution < -0.4 is 10.7 Å². The second-order valence-corrected chi connectivity index (χ2v) is 8.28. The molecular weight excluding hydrogens is 438 g/mol. The van der Waals surface area contributed by atoms with Crippen LogP contribution in [0.2, 0.25) is 0 Å². The minimum atomic E-state index is -1.46. The maximum atomic E-state index is 13.9. The molecule has 1 heterocycles. The molecule has 0 atom stereocenters. The maximum absolute atomic E-state index is 13.9. The number of amides is 4. The van der Waals surface area contributed by atoms with E-state index < -0.39 is 29.3 Å². The number of benzene rings is 4. The molecule has 1 aliphatic rings. The van der Waals surface area contributed by atoms with E-state index in [1.54, 1.807) is 24.3 Å². The Morgan fingerprint density at radius 1 is 0.657 bits per heavy atom. The summed E-state index contributed by atoms with van der Waals surface area (Å²) in [6, 6.07) is 35.9. The van der Waals surface area contributed by atoms with Crippen LogP contribution in [0.5, 0.6) is 0 Å². The number of nitrogens with zero attached hydrogens (tertiary/aromatic N) is 1. The SMILES string of the molecule is O=C(NN1C(=O)NC(c2ccccc2)(c2ccccc2)C1=O)C(c1ccccc1)c1ccccc1. The predicted octanol–water partition coefficient (Wildman–Crippen LogP) is 4.35. The van der Waals surface area contributed by atoms with Gasteiger partial charge in [-0.25, -0.2) is 4.79 Å². The molecule has 6 heteroatoms. The van der Waals surface area contributed by atoms with Crippen molar-refractivity contribution in [1.29, 1.82) is 0 Å². The summed E-state index contributed by atoms with van der Waals surface area (Å²) in [6.45, 7) is 0. The van der Waals surface area contributed by atoms with Crippen LogP contribution in [-0.2, 0) is 15.1 Å². The van der Waals surface area contributed by atoms with Crippen LogP contribution in [0.4, 0.5) is 4.79 Å². The fraction of sp³-hybridized carbons (Fsp3) is 0.0690. The summed E-state index contributed by atoms with van der Waals surface area (Å²) < 4.78 is 0. The van der Waals surface area contributed by atoms with Gasteiger partial charge >= 0.3 is 6.03 Å². The molecule has 1 aliphatic heterocycles. The van der Waals surface area contributed by atoms with Gasteiger partial charge in [-0.2, -0.15) is 5.01 Å². The summed E-state index contributed by atoms with van der Waals surface area (Å²) in [5.74, 6) is -1.77. The van der Waals surface area contributed by atoms with Crippen molar-refractivity contribution in [2.24, 2.45) is 0 Å². The molecule has 0 spiro atoms. The summed E-state index contributed by atoms with van der Waals surface area (Å²) in [5.41, 5.74) is 3.85. The van der Waals surface area contributed by atoms with Crippen LogP contribution in [0.15, 0.2) is 121 Å². The fourth-order valence-corrected chi connectivity index (χ4v) is 4.53. The highest BCUT2D eigenvalue weighted by atomic mass is 16.2. The summed E-state index contributed by atoms with van der Waals surface area (Å²) in [5, 5.41) is 3.64. The lowest BCUT2D eigenvalue weighted by atomic mass is 9.83. The monoisotopic (exact) mass is 461 g/mol. The van der Waals surface area contributed by atoms with E-state index in [1.807, 2.05) is 97.1 Å². The number of rotatable bonds is 6. The zero-order valence-electron chi connectivity index (χ0n) is 18.8. The van der Waals surface area contributed by atoms with E-state index in [-0.39, 0.29) is 0 Å². The summed E-state index contributed by atoms with van der Waals surface area (Å²) in [7, 11) is 0. The number of urea groups is 1. The Balaban J connectivity index is 1.53. The van der Waals surface area contributed by atoms with Crippen molar-refractivity contribution in [2.45, 2.75) is 11.5 Å². The highest BCUT2D eigenvalue weighted by Gasteiger charge is 2.54. The third kappa shape index (κ3) is 3.95. The molecule has 172 valence electrons. The Morgan fingerprint density at radius 2 is 1.06 bits per heavy atom. The third-order valence-corrected chi connectivity index (χ3v) is 6.19. The molecule has 1 saturated heterocycles. The standard InChI is InChI=1S/C29H23N3O3/c33-26(25(21-13-5-1-6-14-21)22-15-7-2-8-16-22)31-32-27(34)29(30-28(32)35,23-17-9-3-10-18-23)24-19-11-4-12-20-24/h1-20,25H,(H,30,35)(H,31,33). The van der Waals surface area contributed by atoms with Crippen molar-refractivity contribution in [1.82, 2.24) is 15.8 Å². The number of nitrogens with one attached hydrogen (secondary N) is 2. The zero-order valence-corrected chi connectivity index (χ0v) is 18.8. The molecule has 6 nitrogen and oxygen atoms in total. The lowest BCUT2D eigenvalue weighted by molar-refractivity contribution is -0.138. The van der Waals surface area contributed by atoms with Gasteiger partial charge in [0.05, 0.1) is 5.92 Å². The molecule has 35 heavy (non-hydrogen) atoms. The maximum Gasteiger partial charge on any atom is 0.344 e. The molecule has 5 rings (SSSR count). The smallest absolute Gasteiger partial charge is 0.314 e. The van der Waals surface area contributed by atoms with Crippen molar-refractivity contribution >= 4 is 17.8 Å². The van der Waals surface area contributed by atoms with Gasteiger partial charge in [-0.15, -0.1) is 0 Å². The van der Waals surface area contributed by atoms with Gasteiger partial charge in [-0.05, 0) is 22.3 Å². The number of carbonyl (C=O) groups is 3. The number of hydrogen-bond donors (Lipinski definition) is 2. The van der Waals surface area contributed by atoms with E-state index in [2.05, 4.69) is 10.7 Å². The summed E-state index contributed by atoms with van der Waals surface area (Å²) in [4.78, 5) is 40.6. The second kappa shape index (κ2) is 9.27. The van der Waals surface area contributed by atoms with Crippen LogP contribution in [0, 0.1) is 0 Å². The number of hydrazine groups is 1. The van der Waals surface area contributed by atoms with E-state index in [9.17, 15) is 14.4 Å². The van der Waals surface area contributed by atoms with Gasteiger partial charge in [-0.3, -0.25) is 15.0 Å². The quantitative estimate of drug-likeness (QED) is 0.419. The largest absolute Gasteiger partial charge is 0.344 e. The Kier molecular flexibility index (Phi) is 5.85. The lowest BCUT2D eigenvalue weighted by Gasteiger charge is -2.28. The molecule has 4 aromatic carbocycles. The Labute approximate surface area is 203 Å². The topological polar surface area (TPSA) is 78.5 Å². The van der Waals surface area contributed by atoms with E-state index in [0.29, 0.717) is 11.1 Å². The molecule has 0 unspecified atom stereocenters. The summed E-state index contributed by atoms with van der Waals surface area (Å²) >= 11 is 0. The van der Waals surface area contributed by atoms with Crippen molar-refractivity contribution in [2.75, 3.05) is 0 Å². The average molecular weight is 462 g/mol. The van der Waals surface area contributed by atoms with Crippen molar-refractivity contribution in [3.63, 3.8) is 0 Å². The van der Waals surface area contributed by atoms with Crippen molar-refractivity contribution < 1.29 is 14.4 Å². The molecule has 4 amide bonds. The first kappa shape index (κ1) is 22.1. The molecule has 0 aliphatic carbocycles. The number of carbonyl (C=O) groups excluding carboxylic acids is 3. The van der Waals surface area contributed by atoms with Gasteiger partial charge in [0.1, 0.15) is 0 Å². The van der Waals surface area contributed by atoms with Gasteiger partial charge < -0.3 is 5.32 Å². The van der Waals surface area contributed by atoms with E-state index in [1.165, 1.54) is 0 Å². The molecular formula is C29H23N3O3. The molecule has 0 bridgehead atoms. The first-order chi connectivity index (χ1) is 17.1. The molecule has 1 fully saturated rings. The van der Waals surface area contributed by atoms with Gasteiger partial charge in [0.2, 0.25) is 0 Å². The molecule has 0 saturated carbocycles. The number of imide groups is 1. The van der Waals surface area contributed by atoms with Crippen LogP contribution in [0.3, 0.4) is 0 Å². The molecule has 4 aromatic rings. The van der Waals surface area contributed by atoms with Crippen molar-refractivity contribution in [3.05, 3.63) is 144 Å². The molecule has 0 radical (unpaired) electrons. The van der Waals surface area contributed by atoms with E-state index in [4.69, 9.17) is 0 Å². The zero-order chi connectivity index (χ0) is 24.3. The summed E-state index contributed by atoms with van der Waals surface area (Å²) in [6.07, 6.45) is 0. The van der Waals surface area contributed by atoms with E-state index in [0.717, 1.165) is 16.1 Å². The first-order valence-electron chi connectivity index (χ1n) is 11.3. The van der Waals surface area contributed by atoms with Crippen LogP contribution in [-0.4, -0.2) is 22.9 Å². The minimum absolute atomic E-state index is 0.483. The minimum Gasteiger partial charge on any atom is -0.314 e. The Bertz CT molecular complexity index is 1260. The van der Waals surface area contributed by atoms with Gasteiger partial charge in [0, 0.05) is 0 Å². The van der Waals surface area contributed by atoms with E-state index >= 15 is 0 Å². The molecule has 0 aromatic heterocycles. The highest BCUT2D eigenvalue weighted by molar-refractivity contribution is 6.10. The predicted molar refractivity (Wildman–Crippen MR) is 132 cm³/mol. The first-order valence-corrected chi connectivity index (χ1v) is 11.3. The second-order valence-electron chi connectivity index (χ2n) is 8.28. The van der Waals surface area contributed by atoms with Crippen LogP contribution in [0.25, 0.3) is 0 Å². The van der Waals surface area contributed by atoms with Crippen molar-refractivity contribution in [3.8, 4) is 0 Å².